The smallest absolute Gasteiger partial charge is 0.364 e. The molecular formula is C10H13N3O5. The van der Waals surface area contributed by atoms with Gasteiger partial charge in [-0.2, -0.15) is 0 Å². The van der Waals surface area contributed by atoms with Crippen LogP contribution in [0.1, 0.15) is 17.3 Å². The van der Waals surface area contributed by atoms with E-state index in [0.29, 0.717) is 0 Å². The molecule has 1 unspecified atom stereocenters. The van der Waals surface area contributed by atoms with Crippen LogP contribution in [0.15, 0.2) is 12.3 Å². The van der Waals surface area contributed by atoms with Gasteiger partial charge in [0.2, 0.25) is 0 Å². The third kappa shape index (κ3) is 3.14. The zero-order chi connectivity index (χ0) is 13.9. The molecule has 8 nitrogen and oxygen atoms in total. The number of nitrogens with zero attached hydrogens (tertiary/aromatic N) is 3. The minimum Gasteiger partial charge on any atom is -0.478 e. The minimum atomic E-state index is -1.28. The van der Waals surface area contributed by atoms with Gasteiger partial charge >= 0.3 is 11.8 Å². The Morgan fingerprint density at radius 3 is 2.72 bits per heavy atom. The molecular weight excluding hydrogens is 242 g/mol. The fourth-order valence-corrected chi connectivity index (χ4v) is 1.51. The fraction of sp³-hybridized carbons (Fsp3) is 0.400. The molecule has 0 spiro atoms. The van der Waals surface area contributed by atoms with Crippen LogP contribution in [0.4, 0.5) is 11.5 Å². The first-order valence-corrected chi connectivity index (χ1v) is 5.10. The lowest BCUT2D eigenvalue weighted by Gasteiger charge is -2.20. The van der Waals surface area contributed by atoms with Crippen molar-refractivity contribution in [1.82, 2.24) is 4.98 Å². The number of rotatable bonds is 5. The van der Waals surface area contributed by atoms with Gasteiger partial charge in [0.25, 0.3) is 0 Å². The Labute approximate surface area is 103 Å². The monoisotopic (exact) mass is 255 g/mol. The number of aromatic carboxylic acids is 1. The number of likely N-dealkylation sites (N-methyl/N-ethyl adjacent to an activating group) is 1. The molecule has 0 radical (unpaired) electrons. The number of pyridine rings is 1. The minimum absolute atomic E-state index is 0.194. The van der Waals surface area contributed by atoms with E-state index in [0.717, 1.165) is 12.3 Å². The quantitative estimate of drug-likeness (QED) is 0.581. The Morgan fingerprint density at radius 1 is 1.67 bits per heavy atom. The number of aliphatic hydroxyl groups excluding tert-OH is 1. The van der Waals surface area contributed by atoms with E-state index in [1.54, 1.807) is 14.0 Å². The number of anilines is 1. The highest BCUT2D eigenvalue weighted by atomic mass is 16.6. The van der Waals surface area contributed by atoms with Gasteiger partial charge in [0.15, 0.2) is 6.20 Å². The first-order valence-electron chi connectivity index (χ1n) is 5.10. The average molecular weight is 255 g/mol. The van der Waals surface area contributed by atoms with Gasteiger partial charge in [-0.3, -0.25) is 0 Å². The molecule has 8 heteroatoms. The largest absolute Gasteiger partial charge is 0.478 e. The molecule has 0 aliphatic heterocycles. The molecule has 1 atom stereocenters. The van der Waals surface area contributed by atoms with Gasteiger partial charge in [0.05, 0.1) is 23.4 Å². The molecule has 0 fully saturated rings. The summed E-state index contributed by atoms with van der Waals surface area (Å²) in [4.78, 5) is 25.9. The van der Waals surface area contributed by atoms with Gasteiger partial charge in [-0.1, -0.05) is 0 Å². The first-order chi connectivity index (χ1) is 8.32. The van der Waals surface area contributed by atoms with Gasteiger partial charge in [-0.25, -0.2) is 4.79 Å². The van der Waals surface area contributed by atoms with Crippen molar-refractivity contribution >= 4 is 17.5 Å². The zero-order valence-electron chi connectivity index (χ0n) is 9.90. The SMILES string of the molecule is CC(O)CN(C)c1cnc([N+](=O)[O-])cc1C(=O)O. The standard InChI is InChI=1S/C10H13N3O5/c1-6(14)5-12(2)8-4-11-9(13(17)18)3-7(8)10(15)16/h3-4,6,14H,5H2,1-2H3,(H,15,16). The molecule has 2 N–H and O–H groups in total. The van der Waals surface area contributed by atoms with Crippen LogP contribution in [0.25, 0.3) is 0 Å². The molecule has 0 amide bonds. The highest BCUT2D eigenvalue weighted by Gasteiger charge is 2.21. The molecule has 0 aromatic carbocycles. The van der Waals surface area contributed by atoms with Crippen molar-refractivity contribution in [1.29, 1.82) is 0 Å². The van der Waals surface area contributed by atoms with Crippen molar-refractivity contribution < 1.29 is 19.9 Å². The Bertz CT molecular complexity index is 475. The van der Waals surface area contributed by atoms with Crippen LogP contribution in [0.5, 0.6) is 0 Å². The van der Waals surface area contributed by atoms with Crippen LogP contribution in [-0.2, 0) is 0 Å². The van der Waals surface area contributed by atoms with Crippen molar-refractivity contribution in [3.05, 3.63) is 27.9 Å². The Hall–Kier alpha value is -2.22. The molecule has 0 saturated heterocycles. The molecule has 1 aromatic rings. The lowest BCUT2D eigenvalue weighted by molar-refractivity contribution is -0.389. The van der Waals surface area contributed by atoms with Gasteiger partial charge in [0.1, 0.15) is 0 Å². The molecule has 1 rings (SSSR count). The Balaban J connectivity index is 3.19. The second-order valence-corrected chi connectivity index (χ2v) is 3.85. The van der Waals surface area contributed by atoms with Gasteiger partial charge in [-0.05, 0) is 16.8 Å². The number of carboxylic acids is 1. The summed E-state index contributed by atoms with van der Waals surface area (Å²) < 4.78 is 0. The molecule has 1 aromatic heterocycles. The molecule has 0 saturated carbocycles. The average Bonchev–Trinajstić information content (AvgIpc) is 2.26. The van der Waals surface area contributed by atoms with Crippen LogP contribution < -0.4 is 4.90 Å². The zero-order valence-corrected chi connectivity index (χ0v) is 9.90. The predicted octanol–water partition coefficient (Wildman–Crippen LogP) is 0.505. The predicted molar refractivity (Wildman–Crippen MR) is 62.8 cm³/mol. The normalized spacial score (nSPS) is 11.9. The third-order valence-electron chi connectivity index (χ3n) is 2.24. The molecule has 18 heavy (non-hydrogen) atoms. The van der Waals surface area contributed by atoms with Crippen LogP contribution in [0, 0.1) is 10.1 Å². The summed E-state index contributed by atoms with van der Waals surface area (Å²) in [5, 5.41) is 28.8. The maximum absolute atomic E-state index is 11.0. The number of carbonyl (C=O) groups is 1. The Morgan fingerprint density at radius 2 is 2.28 bits per heavy atom. The molecule has 0 aliphatic carbocycles. The van der Waals surface area contributed by atoms with Gasteiger partial charge < -0.3 is 25.2 Å². The summed E-state index contributed by atoms with van der Waals surface area (Å²) in [7, 11) is 1.57. The van der Waals surface area contributed by atoms with Crippen LogP contribution in [-0.4, -0.2) is 45.8 Å². The van der Waals surface area contributed by atoms with Gasteiger partial charge in [0, 0.05) is 13.6 Å². The highest BCUT2D eigenvalue weighted by molar-refractivity contribution is 5.94. The number of hydrogen-bond donors (Lipinski definition) is 2. The maximum Gasteiger partial charge on any atom is 0.364 e. The van der Waals surface area contributed by atoms with Crippen molar-refractivity contribution in [3.63, 3.8) is 0 Å². The summed E-state index contributed by atoms with van der Waals surface area (Å²) in [6.07, 6.45) is 0.455. The van der Waals surface area contributed by atoms with Crippen molar-refractivity contribution in [3.8, 4) is 0 Å². The molecule has 0 bridgehead atoms. The highest BCUT2D eigenvalue weighted by Crippen LogP contribution is 2.22. The summed E-state index contributed by atoms with van der Waals surface area (Å²) in [6.45, 7) is 1.75. The number of aliphatic hydroxyl groups is 1. The molecule has 1 heterocycles. The van der Waals surface area contributed by atoms with E-state index < -0.39 is 22.8 Å². The summed E-state index contributed by atoms with van der Waals surface area (Å²) in [5.41, 5.74) is -0.00569. The second-order valence-electron chi connectivity index (χ2n) is 3.85. The topological polar surface area (TPSA) is 117 Å². The van der Waals surface area contributed by atoms with Crippen molar-refractivity contribution in [2.24, 2.45) is 0 Å². The van der Waals surface area contributed by atoms with Gasteiger partial charge in [-0.15, -0.1) is 0 Å². The van der Waals surface area contributed by atoms with Crippen molar-refractivity contribution in [2.45, 2.75) is 13.0 Å². The second kappa shape index (κ2) is 5.41. The Kier molecular flexibility index (Phi) is 4.16. The lowest BCUT2D eigenvalue weighted by Crippen LogP contribution is -2.28. The first kappa shape index (κ1) is 13.8. The van der Waals surface area contributed by atoms with E-state index in [2.05, 4.69) is 4.98 Å². The summed E-state index contributed by atoms with van der Waals surface area (Å²) in [5.74, 6) is -1.81. The number of nitro groups is 1. The van der Waals surface area contributed by atoms with E-state index in [1.165, 1.54) is 4.90 Å². The third-order valence-corrected chi connectivity index (χ3v) is 2.24. The van der Waals surface area contributed by atoms with E-state index in [4.69, 9.17) is 5.11 Å². The van der Waals surface area contributed by atoms with E-state index in [-0.39, 0.29) is 17.8 Å². The summed E-state index contributed by atoms with van der Waals surface area (Å²) >= 11 is 0. The number of aromatic nitrogens is 1. The van der Waals surface area contributed by atoms with E-state index in [9.17, 15) is 20.0 Å². The lowest BCUT2D eigenvalue weighted by atomic mass is 10.2. The van der Waals surface area contributed by atoms with E-state index >= 15 is 0 Å². The number of carboxylic acid groups (broad SMARTS) is 1. The molecule has 98 valence electrons. The number of hydrogen-bond acceptors (Lipinski definition) is 6. The van der Waals surface area contributed by atoms with Crippen LogP contribution in [0.3, 0.4) is 0 Å². The molecule has 0 aliphatic rings. The maximum atomic E-state index is 11.0. The van der Waals surface area contributed by atoms with Crippen LogP contribution >= 0.6 is 0 Å². The summed E-state index contributed by atoms with van der Waals surface area (Å²) in [6, 6.07) is 0.899. The fourth-order valence-electron chi connectivity index (χ4n) is 1.51. The van der Waals surface area contributed by atoms with Crippen molar-refractivity contribution in [2.75, 3.05) is 18.5 Å². The van der Waals surface area contributed by atoms with Crippen LogP contribution in [0.2, 0.25) is 0 Å². The van der Waals surface area contributed by atoms with E-state index in [1.807, 2.05) is 0 Å².